The third-order valence-electron chi connectivity index (χ3n) is 7.56. The second-order valence-corrected chi connectivity index (χ2v) is 11.6. The number of nitrogens with one attached hydrogen (secondary N) is 1. The molecule has 0 radical (unpaired) electrons. The SMILES string of the molecule is CC.CCCCCCCCCCCCCCCC(=O)OCC(=O)NCCCCCC(=O)N1CCCC1COC(C)C.CO. The maximum atomic E-state index is 12.6. The van der Waals surface area contributed by atoms with Crippen LogP contribution in [0.2, 0.25) is 0 Å². The average Bonchev–Trinajstić information content (AvgIpc) is 3.50. The number of rotatable bonds is 25. The fourth-order valence-corrected chi connectivity index (χ4v) is 5.15. The van der Waals surface area contributed by atoms with Crippen LogP contribution in [-0.4, -0.2) is 73.3 Å². The third-order valence-corrected chi connectivity index (χ3v) is 7.56. The van der Waals surface area contributed by atoms with E-state index in [9.17, 15) is 14.4 Å². The molecule has 1 unspecified atom stereocenters. The lowest BCUT2D eigenvalue weighted by atomic mass is 10.0. The van der Waals surface area contributed by atoms with Crippen LogP contribution < -0.4 is 5.32 Å². The van der Waals surface area contributed by atoms with Crippen molar-refractivity contribution in [3.63, 3.8) is 0 Å². The Balaban J connectivity index is 0. The van der Waals surface area contributed by atoms with E-state index in [0.717, 1.165) is 58.6 Å². The van der Waals surface area contributed by atoms with Crippen LogP contribution in [0.25, 0.3) is 0 Å². The number of ether oxygens (including phenoxy) is 2. The summed E-state index contributed by atoms with van der Waals surface area (Å²) in [6.45, 7) is 12.1. The van der Waals surface area contributed by atoms with Gasteiger partial charge in [0.15, 0.2) is 6.61 Å². The van der Waals surface area contributed by atoms with Crippen molar-refractivity contribution in [3.05, 3.63) is 0 Å². The zero-order valence-corrected chi connectivity index (χ0v) is 29.1. The topological polar surface area (TPSA) is 105 Å². The highest BCUT2D eigenvalue weighted by Gasteiger charge is 2.28. The molecule has 1 heterocycles. The number of likely N-dealkylation sites (tertiary alicyclic amines) is 1. The summed E-state index contributed by atoms with van der Waals surface area (Å²) < 4.78 is 10.8. The number of aliphatic hydroxyl groups excluding tert-OH is 1. The van der Waals surface area contributed by atoms with Crippen molar-refractivity contribution < 1.29 is 29.0 Å². The Hall–Kier alpha value is -1.67. The van der Waals surface area contributed by atoms with Crippen LogP contribution >= 0.6 is 0 Å². The lowest BCUT2D eigenvalue weighted by molar-refractivity contribution is -0.148. The summed E-state index contributed by atoms with van der Waals surface area (Å²) in [6, 6.07) is 0.214. The molecule has 0 saturated carbocycles. The van der Waals surface area contributed by atoms with E-state index in [0.29, 0.717) is 26.0 Å². The third kappa shape index (κ3) is 27.6. The summed E-state index contributed by atoms with van der Waals surface area (Å²) in [6.07, 6.45) is 22.2. The molecule has 256 valence electrons. The zero-order valence-electron chi connectivity index (χ0n) is 29.1. The van der Waals surface area contributed by atoms with Crippen LogP contribution in [0.3, 0.4) is 0 Å². The number of carbonyl (C=O) groups excluding carboxylic acids is 3. The van der Waals surface area contributed by atoms with E-state index in [1.54, 1.807) is 0 Å². The molecule has 0 aromatic rings. The molecule has 2 N–H and O–H groups in total. The molecule has 8 heteroatoms. The van der Waals surface area contributed by atoms with Crippen molar-refractivity contribution in [2.75, 3.05) is 33.4 Å². The molecule has 1 fully saturated rings. The van der Waals surface area contributed by atoms with Crippen molar-refractivity contribution in [1.29, 1.82) is 0 Å². The number of hydrogen-bond acceptors (Lipinski definition) is 6. The standard InChI is InChI=1S/C32H60N2O5.C2H6.CH4O/c1-4-5-6-7-8-9-10-11-12-13-14-15-18-23-32(37)39-27-30(35)33-24-19-16-17-22-31(36)34-25-20-21-29(34)26-38-28(2)3;2*1-2/h28-29H,4-27H2,1-3H3,(H,33,35);1-2H3;2H,1H3. The lowest BCUT2D eigenvalue weighted by Crippen LogP contribution is -2.38. The molecule has 1 saturated heterocycles. The largest absolute Gasteiger partial charge is 0.456 e. The molecule has 1 atom stereocenters. The van der Waals surface area contributed by atoms with Gasteiger partial charge in [0.2, 0.25) is 5.91 Å². The summed E-state index contributed by atoms with van der Waals surface area (Å²) >= 11 is 0. The maximum absolute atomic E-state index is 12.6. The first-order valence-electron chi connectivity index (χ1n) is 17.7. The Morgan fingerprint density at radius 3 is 1.86 bits per heavy atom. The Bertz CT molecular complexity index is 644. The highest BCUT2D eigenvalue weighted by Crippen LogP contribution is 2.20. The Morgan fingerprint density at radius 1 is 0.791 bits per heavy atom. The monoisotopic (exact) mass is 615 g/mol. The molecule has 1 aliphatic heterocycles. The Morgan fingerprint density at radius 2 is 1.30 bits per heavy atom. The van der Waals surface area contributed by atoms with Gasteiger partial charge in [-0.05, 0) is 46.0 Å². The van der Waals surface area contributed by atoms with Crippen molar-refractivity contribution in [2.24, 2.45) is 0 Å². The summed E-state index contributed by atoms with van der Waals surface area (Å²) in [5.74, 6) is -0.329. The number of amides is 2. The molecule has 0 aromatic carbocycles. The fourth-order valence-electron chi connectivity index (χ4n) is 5.15. The first-order valence-corrected chi connectivity index (χ1v) is 17.7. The van der Waals surface area contributed by atoms with Gasteiger partial charge in [-0.1, -0.05) is 104 Å². The summed E-state index contributed by atoms with van der Waals surface area (Å²) in [4.78, 5) is 38.4. The maximum Gasteiger partial charge on any atom is 0.306 e. The van der Waals surface area contributed by atoms with E-state index in [1.807, 2.05) is 32.6 Å². The Labute approximate surface area is 265 Å². The van der Waals surface area contributed by atoms with Crippen molar-refractivity contribution in [3.8, 4) is 0 Å². The molecule has 0 aromatic heterocycles. The molecular formula is C35H70N2O6. The van der Waals surface area contributed by atoms with Crippen molar-refractivity contribution in [2.45, 2.75) is 175 Å². The van der Waals surface area contributed by atoms with Crippen LogP contribution in [0.5, 0.6) is 0 Å². The van der Waals surface area contributed by atoms with Crippen molar-refractivity contribution >= 4 is 17.8 Å². The van der Waals surface area contributed by atoms with E-state index in [-0.39, 0.29) is 36.5 Å². The minimum atomic E-state index is -0.286. The Kier molecular flexibility index (Phi) is 33.6. The van der Waals surface area contributed by atoms with Crippen molar-refractivity contribution in [1.82, 2.24) is 10.2 Å². The second kappa shape index (κ2) is 33.2. The number of hydrogen-bond donors (Lipinski definition) is 2. The van der Waals surface area contributed by atoms with E-state index in [2.05, 4.69) is 12.2 Å². The van der Waals surface area contributed by atoms with E-state index in [4.69, 9.17) is 14.6 Å². The number of carbonyl (C=O) groups is 3. The zero-order chi connectivity index (χ0) is 32.6. The highest BCUT2D eigenvalue weighted by molar-refractivity contribution is 5.80. The van der Waals surface area contributed by atoms with Crippen LogP contribution in [0.1, 0.15) is 163 Å². The molecule has 2 amide bonds. The smallest absolute Gasteiger partial charge is 0.306 e. The number of unbranched alkanes of at least 4 members (excludes halogenated alkanes) is 14. The van der Waals surface area contributed by atoms with Gasteiger partial charge in [-0.25, -0.2) is 0 Å². The van der Waals surface area contributed by atoms with E-state index >= 15 is 0 Å². The normalized spacial score (nSPS) is 14.0. The van der Waals surface area contributed by atoms with Gasteiger partial charge < -0.3 is 24.8 Å². The van der Waals surface area contributed by atoms with E-state index < -0.39 is 0 Å². The predicted molar refractivity (Wildman–Crippen MR) is 178 cm³/mol. The molecule has 0 spiro atoms. The number of aliphatic hydroxyl groups is 1. The lowest BCUT2D eigenvalue weighted by Gasteiger charge is -2.25. The molecule has 0 bridgehead atoms. The van der Waals surface area contributed by atoms with Gasteiger partial charge in [0, 0.05) is 33.0 Å². The number of esters is 1. The summed E-state index contributed by atoms with van der Waals surface area (Å²) in [5, 5.41) is 9.80. The van der Waals surface area contributed by atoms with E-state index in [1.165, 1.54) is 70.6 Å². The van der Waals surface area contributed by atoms with Gasteiger partial charge in [0.1, 0.15) is 0 Å². The van der Waals surface area contributed by atoms with Gasteiger partial charge in [-0.15, -0.1) is 0 Å². The van der Waals surface area contributed by atoms with Gasteiger partial charge >= 0.3 is 5.97 Å². The molecule has 0 aliphatic carbocycles. The van der Waals surface area contributed by atoms with Gasteiger partial charge in [-0.3, -0.25) is 14.4 Å². The number of nitrogens with zero attached hydrogens (tertiary/aromatic N) is 1. The molecular weight excluding hydrogens is 544 g/mol. The van der Waals surface area contributed by atoms with Gasteiger partial charge in [-0.2, -0.15) is 0 Å². The molecule has 1 aliphatic rings. The molecule has 43 heavy (non-hydrogen) atoms. The summed E-state index contributed by atoms with van der Waals surface area (Å²) in [5.41, 5.74) is 0. The highest BCUT2D eigenvalue weighted by atomic mass is 16.5. The van der Waals surface area contributed by atoms with Crippen LogP contribution in [-0.2, 0) is 23.9 Å². The van der Waals surface area contributed by atoms with Crippen LogP contribution in [0, 0.1) is 0 Å². The average molecular weight is 615 g/mol. The first-order chi connectivity index (χ1) is 20.9. The minimum absolute atomic E-state index is 0.186. The molecule has 1 rings (SSSR count). The first kappa shape index (κ1) is 43.5. The molecule has 8 nitrogen and oxygen atoms in total. The van der Waals surface area contributed by atoms with Crippen LogP contribution in [0.4, 0.5) is 0 Å². The second-order valence-electron chi connectivity index (χ2n) is 11.6. The summed E-state index contributed by atoms with van der Waals surface area (Å²) in [7, 11) is 1.00. The van der Waals surface area contributed by atoms with Gasteiger partial charge in [0.25, 0.3) is 5.91 Å². The van der Waals surface area contributed by atoms with Crippen LogP contribution in [0.15, 0.2) is 0 Å². The fraction of sp³-hybridized carbons (Fsp3) is 0.914. The van der Waals surface area contributed by atoms with Gasteiger partial charge in [0.05, 0.1) is 18.8 Å². The predicted octanol–water partition coefficient (Wildman–Crippen LogP) is 7.74. The minimum Gasteiger partial charge on any atom is -0.456 e. The quantitative estimate of drug-likeness (QED) is 0.0805.